The van der Waals surface area contributed by atoms with Crippen LogP contribution in [0.25, 0.3) is 10.9 Å². The van der Waals surface area contributed by atoms with Gasteiger partial charge in [-0.15, -0.1) is 0 Å². The molecule has 6 nitrogen and oxygen atoms in total. The third kappa shape index (κ3) is 3.58. The molecule has 3 aromatic rings. The van der Waals surface area contributed by atoms with E-state index >= 15 is 0 Å². The third-order valence-electron chi connectivity index (χ3n) is 3.29. The minimum absolute atomic E-state index is 0.0721. The van der Waals surface area contributed by atoms with Gasteiger partial charge in [0.2, 0.25) is 12.7 Å². The SMILES string of the molecule is NC(=O)c1nc(Nc2ccc(F)c(Cl)c2)c2ccc(OCF)cc2n1. The molecule has 0 aliphatic rings. The fraction of sp³-hybridized carbons (Fsp3) is 0.0625. The van der Waals surface area contributed by atoms with Crippen LogP contribution in [0.3, 0.4) is 0 Å². The molecular weight excluding hydrogens is 354 g/mol. The second-order valence-corrected chi connectivity index (χ2v) is 5.35. The van der Waals surface area contributed by atoms with Gasteiger partial charge in [0.15, 0.2) is 0 Å². The number of hydrogen-bond acceptors (Lipinski definition) is 5. The largest absolute Gasteiger partial charge is 0.463 e. The van der Waals surface area contributed by atoms with Gasteiger partial charge in [-0.25, -0.2) is 18.7 Å². The van der Waals surface area contributed by atoms with Crippen molar-refractivity contribution in [2.45, 2.75) is 0 Å². The van der Waals surface area contributed by atoms with Crippen molar-refractivity contribution >= 4 is 39.9 Å². The summed E-state index contributed by atoms with van der Waals surface area (Å²) < 4.78 is 30.4. The molecule has 0 saturated heterocycles. The first kappa shape index (κ1) is 16.8. The predicted molar refractivity (Wildman–Crippen MR) is 89.4 cm³/mol. The van der Waals surface area contributed by atoms with Crippen molar-refractivity contribution < 1.29 is 18.3 Å². The lowest BCUT2D eigenvalue weighted by molar-refractivity contribution is 0.0991. The van der Waals surface area contributed by atoms with Gasteiger partial charge in [0.25, 0.3) is 5.91 Å². The number of rotatable bonds is 5. The number of fused-ring (bicyclic) bond motifs is 1. The number of carbonyl (C=O) groups is 1. The number of nitrogens with one attached hydrogen (secondary N) is 1. The Hall–Kier alpha value is -3.00. The number of benzene rings is 2. The lowest BCUT2D eigenvalue weighted by Crippen LogP contribution is -2.16. The highest BCUT2D eigenvalue weighted by molar-refractivity contribution is 6.31. The molecule has 9 heteroatoms. The molecule has 0 fully saturated rings. The number of ether oxygens (including phenoxy) is 1. The fourth-order valence-corrected chi connectivity index (χ4v) is 2.36. The number of carbonyl (C=O) groups excluding carboxylic acids is 1. The van der Waals surface area contributed by atoms with Gasteiger partial charge < -0.3 is 15.8 Å². The number of halogens is 3. The van der Waals surface area contributed by atoms with Gasteiger partial charge in [-0.2, -0.15) is 0 Å². The molecule has 0 aliphatic carbocycles. The molecule has 0 atom stereocenters. The number of anilines is 2. The lowest BCUT2D eigenvalue weighted by Gasteiger charge is -2.11. The number of amides is 1. The van der Waals surface area contributed by atoms with Crippen molar-refractivity contribution in [3.63, 3.8) is 0 Å². The maximum absolute atomic E-state index is 13.3. The Bertz CT molecular complexity index is 968. The molecule has 2 aromatic carbocycles. The van der Waals surface area contributed by atoms with Crippen LogP contribution in [0.4, 0.5) is 20.3 Å². The Labute approximate surface area is 145 Å². The minimum atomic E-state index is -1.00. The zero-order valence-electron chi connectivity index (χ0n) is 12.6. The monoisotopic (exact) mass is 364 g/mol. The van der Waals surface area contributed by atoms with E-state index in [2.05, 4.69) is 15.3 Å². The zero-order chi connectivity index (χ0) is 18.0. The lowest BCUT2D eigenvalue weighted by atomic mass is 10.2. The number of primary amides is 1. The van der Waals surface area contributed by atoms with E-state index in [1.807, 2.05) is 0 Å². The molecule has 1 heterocycles. The predicted octanol–water partition coefficient (Wildman–Crippen LogP) is 3.57. The summed E-state index contributed by atoms with van der Waals surface area (Å²) in [7, 11) is 0. The van der Waals surface area contributed by atoms with Crippen LogP contribution in [-0.4, -0.2) is 22.7 Å². The average Bonchev–Trinajstić information content (AvgIpc) is 2.58. The molecule has 3 N–H and O–H groups in total. The van der Waals surface area contributed by atoms with Crippen molar-refractivity contribution in [1.29, 1.82) is 0 Å². The normalized spacial score (nSPS) is 10.7. The van der Waals surface area contributed by atoms with Crippen molar-refractivity contribution in [3.8, 4) is 5.75 Å². The first-order valence-corrected chi connectivity index (χ1v) is 7.38. The van der Waals surface area contributed by atoms with Crippen LogP contribution in [0.1, 0.15) is 10.6 Å². The van der Waals surface area contributed by atoms with E-state index in [-0.39, 0.29) is 22.4 Å². The van der Waals surface area contributed by atoms with E-state index in [0.717, 1.165) is 0 Å². The maximum atomic E-state index is 13.3. The number of nitrogens with zero attached hydrogens (tertiary/aromatic N) is 2. The zero-order valence-corrected chi connectivity index (χ0v) is 13.3. The quantitative estimate of drug-likeness (QED) is 0.722. The van der Waals surface area contributed by atoms with E-state index in [1.165, 1.54) is 30.3 Å². The molecule has 0 radical (unpaired) electrons. The van der Waals surface area contributed by atoms with Gasteiger partial charge >= 0.3 is 0 Å². The average molecular weight is 365 g/mol. The smallest absolute Gasteiger partial charge is 0.286 e. The van der Waals surface area contributed by atoms with Crippen molar-refractivity contribution in [2.75, 3.05) is 12.2 Å². The Kier molecular flexibility index (Phi) is 4.62. The van der Waals surface area contributed by atoms with Crippen LogP contribution in [0.2, 0.25) is 5.02 Å². The first-order valence-electron chi connectivity index (χ1n) is 7.00. The Balaban J connectivity index is 2.11. The number of hydrogen-bond donors (Lipinski definition) is 2. The van der Waals surface area contributed by atoms with Crippen LogP contribution in [0.5, 0.6) is 5.75 Å². The molecule has 1 aromatic heterocycles. The van der Waals surface area contributed by atoms with Crippen LogP contribution >= 0.6 is 11.6 Å². The molecule has 0 saturated carbocycles. The summed E-state index contributed by atoms with van der Waals surface area (Å²) in [6, 6.07) is 8.59. The number of aromatic nitrogens is 2. The topological polar surface area (TPSA) is 90.1 Å². The Morgan fingerprint density at radius 1 is 1.24 bits per heavy atom. The van der Waals surface area contributed by atoms with Crippen LogP contribution < -0.4 is 15.8 Å². The summed E-state index contributed by atoms with van der Waals surface area (Å²) in [5.74, 6) is -1.14. The first-order chi connectivity index (χ1) is 12.0. The van der Waals surface area contributed by atoms with Crippen LogP contribution in [0, 0.1) is 5.82 Å². The summed E-state index contributed by atoms with van der Waals surface area (Å²) in [5, 5.41) is 3.39. The highest BCUT2D eigenvalue weighted by atomic mass is 35.5. The number of nitrogens with two attached hydrogens (primary N) is 1. The second kappa shape index (κ2) is 6.86. The highest BCUT2D eigenvalue weighted by Gasteiger charge is 2.13. The molecule has 3 rings (SSSR count). The maximum Gasteiger partial charge on any atom is 0.286 e. The molecular formula is C16H11ClF2N4O2. The van der Waals surface area contributed by atoms with Gasteiger partial charge in [0, 0.05) is 17.1 Å². The summed E-state index contributed by atoms with van der Waals surface area (Å²) in [4.78, 5) is 19.6. The Morgan fingerprint density at radius 2 is 2.04 bits per heavy atom. The van der Waals surface area contributed by atoms with Crippen molar-refractivity contribution in [2.24, 2.45) is 5.73 Å². The molecule has 0 aliphatic heterocycles. The van der Waals surface area contributed by atoms with Gasteiger partial charge in [-0.05, 0) is 30.3 Å². The van der Waals surface area contributed by atoms with Gasteiger partial charge in [-0.1, -0.05) is 11.6 Å². The van der Waals surface area contributed by atoms with E-state index < -0.39 is 18.6 Å². The molecule has 25 heavy (non-hydrogen) atoms. The van der Waals surface area contributed by atoms with Crippen LogP contribution in [0.15, 0.2) is 36.4 Å². The van der Waals surface area contributed by atoms with Crippen molar-refractivity contribution in [1.82, 2.24) is 9.97 Å². The second-order valence-electron chi connectivity index (χ2n) is 4.95. The van der Waals surface area contributed by atoms with Crippen molar-refractivity contribution in [3.05, 3.63) is 53.1 Å². The molecule has 1 amide bonds. The summed E-state index contributed by atoms with van der Waals surface area (Å²) in [6.45, 7) is -1.00. The summed E-state index contributed by atoms with van der Waals surface area (Å²) in [5.41, 5.74) is 6.03. The third-order valence-corrected chi connectivity index (χ3v) is 3.58. The molecule has 0 unspecified atom stereocenters. The highest BCUT2D eigenvalue weighted by Crippen LogP contribution is 2.28. The summed E-state index contributed by atoms with van der Waals surface area (Å²) in [6.07, 6.45) is 0. The standard InChI is InChI=1S/C16H11ClF2N4O2/c17-11-5-8(1-4-12(11)19)21-15-10-3-2-9(25-7-18)6-13(10)22-16(23-15)14(20)24/h1-6H,7H2,(H2,20,24)(H,21,22,23). The molecule has 0 bridgehead atoms. The molecule has 0 spiro atoms. The summed E-state index contributed by atoms with van der Waals surface area (Å²) >= 11 is 5.76. The fourth-order valence-electron chi connectivity index (χ4n) is 2.18. The van der Waals surface area contributed by atoms with E-state index in [4.69, 9.17) is 22.1 Å². The minimum Gasteiger partial charge on any atom is -0.463 e. The van der Waals surface area contributed by atoms with Crippen LogP contribution in [-0.2, 0) is 0 Å². The van der Waals surface area contributed by atoms with E-state index in [0.29, 0.717) is 16.6 Å². The van der Waals surface area contributed by atoms with Gasteiger partial charge in [-0.3, -0.25) is 4.79 Å². The van der Waals surface area contributed by atoms with E-state index in [9.17, 15) is 13.6 Å². The van der Waals surface area contributed by atoms with Gasteiger partial charge in [0.05, 0.1) is 10.5 Å². The Morgan fingerprint density at radius 3 is 2.72 bits per heavy atom. The van der Waals surface area contributed by atoms with E-state index in [1.54, 1.807) is 6.07 Å². The van der Waals surface area contributed by atoms with Gasteiger partial charge in [0.1, 0.15) is 17.4 Å². The number of alkyl halides is 1. The molecule has 128 valence electrons.